The van der Waals surface area contributed by atoms with Gasteiger partial charge in [-0.1, -0.05) is 26.0 Å². The van der Waals surface area contributed by atoms with Gasteiger partial charge in [0.15, 0.2) is 0 Å². The van der Waals surface area contributed by atoms with Gasteiger partial charge in [-0.3, -0.25) is 14.6 Å². The summed E-state index contributed by atoms with van der Waals surface area (Å²) < 4.78 is 0. The standard InChI is InChI=1S/C21H26N4O2/c1-14(2)13-24-10-11-25(15(3)20(24)26)21(27)17-7-4-6-16(12-17)19-18(22)8-5-9-23-19/h4-9,12,14-15H,10-11,13,22H2,1-3H3. The number of pyridine rings is 1. The van der Waals surface area contributed by atoms with E-state index in [2.05, 4.69) is 18.8 Å². The van der Waals surface area contributed by atoms with Crippen LogP contribution in [-0.4, -0.2) is 52.3 Å². The molecule has 1 aromatic heterocycles. The molecule has 0 spiro atoms. The summed E-state index contributed by atoms with van der Waals surface area (Å²) in [6.45, 7) is 7.80. The van der Waals surface area contributed by atoms with Crippen LogP contribution < -0.4 is 5.73 Å². The Hall–Kier alpha value is -2.89. The van der Waals surface area contributed by atoms with Gasteiger partial charge in [-0.15, -0.1) is 0 Å². The minimum Gasteiger partial charge on any atom is -0.397 e. The fraction of sp³-hybridized carbons (Fsp3) is 0.381. The molecule has 1 aliphatic heterocycles. The largest absolute Gasteiger partial charge is 0.397 e. The van der Waals surface area contributed by atoms with Crippen LogP contribution in [0.1, 0.15) is 31.1 Å². The van der Waals surface area contributed by atoms with E-state index in [0.717, 1.165) is 12.1 Å². The van der Waals surface area contributed by atoms with Gasteiger partial charge >= 0.3 is 0 Å². The highest BCUT2D eigenvalue weighted by atomic mass is 16.2. The third-order valence-corrected chi connectivity index (χ3v) is 4.82. The predicted octanol–water partition coefficient (Wildman–Crippen LogP) is 2.66. The van der Waals surface area contributed by atoms with E-state index < -0.39 is 6.04 Å². The van der Waals surface area contributed by atoms with Crippen LogP contribution in [-0.2, 0) is 4.79 Å². The number of amides is 2. The van der Waals surface area contributed by atoms with Gasteiger partial charge in [0.1, 0.15) is 6.04 Å². The molecule has 2 N–H and O–H groups in total. The molecule has 0 saturated carbocycles. The lowest BCUT2D eigenvalue weighted by Gasteiger charge is -2.39. The van der Waals surface area contributed by atoms with Crippen molar-refractivity contribution in [3.05, 3.63) is 48.2 Å². The van der Waals surface area contributed by atoms with Gasteiger partial charge < -0.3 is 15.5 Å². The highest BCUT2D eigenvalue weighted by molar-refractivity contribution is 5.99. The number of nitrogen functional groups attached to an aromatic ring is 1. The molecule has 0 aliphatic carbocycles. The second-order valence-corrected chi connectivity index (χ2v) is 7.37. The Morgan fingerprint density at radius 3 is 2.74 bits per heavy atom. The number of nitrogens with two attached hydrogens (primary N) is 1. The molecular weight excluding hydrogens is 340 g/mol. The lowest BCUT2D eigenvalue weighted by Crippen LogP contribution is -2.58. The predicted molar refractivity (Wildman–Crippen MR) is 106 cm³/mol. The molecule has 1 aliphatic rings. The summed E-state index contributed by atoms with van der Waals surface area (Å²) >= 11 is 0. The van der Waals surface area contributed by atoms with Gasteiger partial charge in [-0.2, -0.15) is 0 Å². The Bertz CT molecular complexity index is 850. The fourth-order valence-corrected chi connectivity index (χ4v) is 3.45. The minimum absolute atomic E-state index is 0.00780. The SMILES string of the molecule is CC(C)CN1CCN(C(=O)c2cccc(-c3ncccc3N)c2)C(C)C1=O. The molecule has 142 valence electrons. The van der Waals surface area contributed by atoms with Crippen molar-refractivity contribution in [2.45, 2.75) is 26.8 Å². The highest BCUT2D eigenvalue weighted by Crippen LogP contribution is 2.25. The topological polar surface area (TPSA) is 79.5 Å². The molecule has 2 aromatic rings. The molecule has 0 radical (unpaired) electrons. The molecule has 1 atom stereocenters. The molecule has 27 heavy (non-hydrogen) atoms. The Morgan fingerprint density at radius 1 is 1.26 bits per heavy atom. The van der Waals surface area contributed by atoms with Crippen LogP contribution >= 0.6 is 0 Å². The van der Waals surface area contributed by atoms with Crippen molar-refractivity contribution in [3.8, 4) is 11.3 Å². The van der Waals surface area contributed by atoms with E-state index in [1.807, 2.05) is 17.0 Å². The maximum absolute atomic E-state index is 13.1. The number of carbonyl (C=O) groups is 2. The first-order valence-corrected chi connectivity index (χ1v) is 9.29. The molecule has 0 bridgehead atoms. The molecule has 1 aromatic carbocycles. The Labute approximate surface area is 160 Å². The van der Waals surface area contributed by atoms with Crippen LogP contribution in [0.25, 0.3) is 11.3 Å². The molecule has 1 fully saturated rings. The Kier molecular flexibility index (Phi) is 5.44. The normalized spacial score (nSPS) is 17.5. The van der Waals surface area contributed by atoms with Gasteiger partial charge in [-0.25, -0.2) is 0 Å². The molecule has 1 unspecified atom stereocenters. The quantitative estimate of drug-likeness (QED) is 0.902. The molecule has 6 nitrogen and oxygen atoms in total. The van der Waals surface area contributed by atoms with Crippen molar-refractivity contribution in [1.82, 2.24) is 14.8 Å². The van der Waals surface area contributed by atoms with Crippen molar-refractivity contribution in [2.24, 2.45) is 5.92 Å². The average Bonchev–Trinajstić information content (AvgIpc) is 2.65. The zero-order valence-corrected chi connectivity index (χ0v) is 16.1. The summed E-state index contributed by atoms with van der Waals surface area (Å²) in [6, 6.07) is 10.3. The smallest absolute Gasteiger partial charge is 0.254 e. The van der Waals surface area contributed by atoms with Crippen molar-refractivity contribution >= 4 is 17.5 Å². The van der Waals surface area contributed by atoms with Crippen molar-refractivity contribution < 1.29 is 9.59 Å². The summed E-state index contributed by atoms with van der Waals surface area (Å²) in [7, 11) is 0. The minimum atomic E-state index is -0.464. The first kappa shape index (κ1) is 18.9. The van der Waals surface area contributed by atoms with Crippen LogP contribution in [0.3, 0.4) is 0 Å². The number of hydrogen-bond acceptors (Lipinski definition) is 4. The fourth-order valence-electron chi connectivity index (χ4n) is 3.45. The Morgan fingerprint density at radius 2 is 2.04 bits per heavy atom. The number of nitrogens with zero attached hydrogens (tertiary/aromatic N) is 3. The van der Waals surface area contributed by atoms with E-state index in [4.69, 9.17) is 5.73 Å². The van der Waals surface area contributed by atoms with E-state index in [-0.39, 0.29) is 11.8 Å². The highest BCUT2D eigenvalue weighted by Gasteiger charge is 2.34. The van der Waals surface area contributed by atoms with Crippen LogP contribution in [0, 0.1) is 5.92 Å². The summed E-state index contributed by atoms with van der Waals surface area (Å²) in [5.41, 5.74) is 8.55. The third kappa shape index (κ3) is 3.94. The van der Waals surface area contributed by atoms with Gasteiger partial charge in [0, 0.05) is 37.0 Å². The van der Waals surface area contributed by atoms with E-state index in [1.165, 1.54) is 0 Å². The number of anilines is 1. The average molecular weight is 366 g/mol. The van der Waals surface area contributed by atoms with Crippen molar-refractivity contribution in [1.29, 1.82) is 0 Å². The van der Waals surface area contributed by atoms with E-state index in [9.17, 15) is 9.59 Å². The van der Waals surface area contributed by atoms with E-state index in [0.29, 0.717) is 36.0 Å². The van der Waals surface area contributed by atoms with E-state index >= 15 is 0 Å². The van der Waals surface area contributed by atoms with Crippen LogP contribution in [0.5, 0.6) is 0 Å². The molecular formula is C21H26N4O2. The maximum Gasteiger partial charge on any atom is 0.254 e. The van der Waals surface area contributed by atoms with Gasteiger partial charge in [0.2, 0.25) is 5.91 Å². The zero-order chi connectivity index (χ0) is 19.6. The number of aromatic nitrogens is 1. The Balaban J connectivity index is 1.82. The summed E-state index contributed by atoms with van der Waals surface area (Å²) in [4.78, 5) is 33.5. The molecule has 3 rings (SSSR count). The molecule has 6 heteroatoms. The summed E-state index contributed by atoms with van der Waals surface area (Å²) in [5, 5.41) is 0. The monoisotopic (exact) mass is 366 g/mol. The van der Waals surface area contributed by atoms with Crippen LogP contribution in [0.2, 0.25) is 0 Å². The van der Waals surface area contributed by atoms with E-state index in [1.54, 1.807) is 42.3 Å². The lowest BCUT2D eigenvalue weighted by molar-refractivity contribution is -0.140. The maximum atomic E-state index is 13.1. The van der Waals surface area contributed by atoms with Crippen molar-refractivity contribution in [3.63, 3.8) is 0 Å². The molecule has 1 saturated heterocycles. The molecule has 2 amide bonds. The van der Waals surface area contributed by atoms with Crippen LogP contribution in [0.15, 0.2) is 42.6 Å². The number of piperazine rings is 1. The first-order chi connectivity index (χ1) is 12.9. The first-order valence-electron chi connectivity index (χ1n) is 9.29. The van der Waals surface area contributed by atoms with Crippen molar-refractivity contribution in [2.75, 3.05) is 25.4 Å². The third-order valence-electron chi connectivity index (χ3n) is 4.82. The van der Waals surface area contributed by atoms with Gasteiger partial charge in [0.05, 0.1) is 11.4 Å². The number of hydrogen-bond donors (Lipinski definition) is 1. The second kappa shape index (κ2) is 7.78. The summed E-state index contributed by atoms with van der Waals surface area (Å²) in [5.74, 6) is 0.272. The summed E-state index contributed by atoms with van der Waals surface area (Å²) in [6.07, 6.45) is 1.68. The molecule has 2 heterocycles. The number of benzene rings is 1. The number of carbonyl (C=O) groups excluding carboxylic acids is 2. The van der Waals surface area contributed by atoms with Crippen LogP contribution in [0.4, 0.5) is 5.69 Å². The zero-order valence-electron chi connectivity index (χ0n) is 16.1. The lowest BCUT2D eigenvalue weighted by atomic mass is 10.0. The van der Waals surface area contributed by atoms with Gasteiger partial charge in [-0.05, 0) is 37.1 Å². The van der Waals surface area contributed by atoms with Gasteiger partial charge in [0.25, 0.3) is 5.91 Å². The second-order valence-electron chi connectivity index (χ2n) is 7.37. The number of rotatable bonds is 4.